The molecule has 0 saturated heterocycles. The number of hydrogen-bond acceptors (Lipinski definition) is 12. The van der Waals surface area contributed by atoms with Crippen molar-refractivity contribution in [2.75, 3.05) is 13.1 Å². The van der Waals surface area contributed by atoms with Gasteiger partial charge in [-0.05, 0) is 67.5 Å². The quantitative estimate of drug-likeness (QED) is 0.0254. The van der Waals surface area contributed by atoms with Crippen LogP contribution in [0.25, 0.3) is 10.9 Å². The first-order chi connectivity index (χ1) is 37.4. The van der Waals surface area contributed by atoms with Crippen LogP contribution in [0.4, 0.5) is 0 Å². The van der Waals surface area contributed by atoms with Gasteiger partial charge in [0.15, 0.2) is 0 Å². The van der Waals surface area contributed by atoms with E-state index in [4.69, 9.17) is 22.3 Å². The van der Waals surface area contributed by atoms with Crippen LogP contribution >= 0.6 is 0 Å². The summed E-state index contributed by atoms with van der Waals surface area (Å²) in [4.78, 5) is 125. The molecule has 0 aliphatic rings. The van der Waals surface area contributed by atoms with Crippen LogP contribution in [-0.4, -0.2) is 130 Å². The van der Waals surface area contributed by atoms with Gasteiger partial charge in [-0.25, -0.2) is 0 Å². The molecule has 416 valence electrons. The second kappa shape index (κ2) is 30.9. The van der Waals surface area contributed by atoms with Crippen molar-refractivity contribution in [2.45, 2.75) is 120 Å². The number of rotatable bonds is 32. The van der Waals surface area contributed by atoms with E-state index < -0.39 is 108 Å². The number of unbranched alkanes of at least 4 members (excludes halogenated alkanes) is 1. The Morgan fingerprint density at radius 2 is 0.987 bits per heavy atom. The largest absolute Gasteiger partial charge is 0.481 e. The Kier molecular flexibility index (Phi) is 23.9. The van der Waals surface area contributed by atoms with Crippen LogP contribution in [0.1, 0.15) is 67.7 Å². The van der Waals surface area contributed by atoms with Gasteiger partial charge in [0.25, 0.3) is 0 Å². The summed E-state index contributed by atoms with van der Waals surface area (Å²) in [5.41, 5.74) is 20.4. The number of nitrogens with two attached hydrogens (primary N) is 3. The summed E-state index contributed by atoms with van der Waals surface area (Å²) >= 11 is 0. The zero-order valence-corrected chi connectivity index (χ0v) is 43.5. The number of primary amides is 1. The number of nitrogens with one attached hydrogen (secondary N) is 8. The van der Waals surface area contributed by atoms with Crippen molar-refractivity contribution in [2.24, 2.45) is 17.2 Å². The number of hydrogen-bond donors (Lipinski definition) is 13. The second-order valence-electron chi connectivity index (χ2n) is 19.0. The van der Waals surface area contributed by atoms with Crippen molar-refractivity contribution in [3.05, 3.63) is 144 Å². The first-order valence-corrected chi connectivity index (χ1v) is 25.8. The predicted octanol–water partition coefficient (Wildman–Crippen LogP) is 0.0408. The molecule has 0 spiro atoms. The Hall–Kier alpha value is -8.47. The van der Waals surface area contributed by atoms with Crippen molar-refractivity contribution in [1.82, 2.24) is 42.2 Å². The van der Waals surface area contributed by atoms with E-state index in [1.165, 1.54) is 6.92 Å². The molecule has 0 bridgehead atoms. The van der Waals surface area contributed by atoms with Crippen LogP contribution in [0, 0.1) is 0 Å². The minimum absolute atomic E-state index is 0.00235. The maximum absolute atomic E-state index is 14.8. The van der Waals surface area contributed by atoms with Crippen molar-refractivity contribution < 1.29 is 53.4 Å². The highest BCUT2D eigenvalue weighted by Gasteiger charge is 2.36. The first kappa shape index (κ1) is 60.4. The molecule has 78 heavy (non-hydrogen) atoms. The summed E-state index contributed by atoms with van der Waals surface area (Å²) in [7, 11) is 0. The van der Waals surface area contributed by atoms with Gasteiger partial charge in [0.05, 0.1) is 18.6 Å². The third-order valence-corrected chi connectivity index (χ3v) is 12.7. The number of amides is 8. The van der Waals surface area contributed by atoms with Crippen LogP contribution in [0.15, 0.2) is 121 Å². The van der Waals surface area contributed by atoms with Gasteiger partial charge in [-0.1, -0.05) is 109 Å². The number of carbonyl (C=O) groups is 9. The zero-order valence-electron chi connectivity index (χ0n) is 43.5. The van der Waals surface area contributed by atoms with Gasteiger partial charge in [-0.15, -0.1) is 0 Å². The summed E-state index contributed by atoms with van der Waals surface area (Å²) in [5, 5.41) is 39.5. The number of carbonyl (C=O) groups excluding carboxylic acids is 8. The zero-order chi connectivity index (χ0) is 56.6. The first-order valence-electron chi connectivity index (χ1n) is 25.8. The van der Waals surface area contributed by atoms with Crippen LogP contribution < -0.4 is 54.4 Å². The number of aromatic nitrogens is 1. The predicted molar refractivity (Wildman–Crippen MR) is 290 cm³/mol. The minimum Gasteiger partial charge on any atom is -0.481 e. The smallest absolute Gasteiger partial charge is 0.303 e. The number of para-hydroxylation sites is 1. The molecule has 8 amide bonds. The molecule has 5 rings (SSSR count). The molecule has 0 aliphatic heterocycles. The molecule has 16 N–H and O–H groups in total. The minimum atomic E-state index is -1.65. The number of aliphatic hydroxyl groups is 1. The van der Waals surface area contributed by atoms with E-state index in [2.05, 4.69) is 42.2 Å². The number of carboxylic acid groups (broad SMARTS) is 1. The maximum Gasteiger partial charge on any atom is 0.303 e. The van der Waals surface area contributed by atoms with Gasteiger partial charge >= 0.3 is 5.97 Å². The molecule has 22 nitrogen and oxygen atoms in total. The number of aliphatic hydroxyl groups excluding tert-OH is 1. The summed E-state index contributed by atoms with van der Waals surface area (Å²) in [6.45, 7) is 1.51. The maximum atomic E-state index is 14.8. The van der Waals surface area contributed by atoms with Gasteiger partial charge in [-0.3, -0.25) is 43.2 Å². The molecule has 0 saturated carbocycles. The highest BCUT2D eigenvalue weighted by atomic mass is 16.4. The van der Waals surface area contributed by atoms with E-state index in [9.17, 15) is 48.3 Å². The fourth-order valence-electron chi connectivity index (χ4n) is 8.57. The fraction of sp³-hybridized carbons (Fsp3) is 0.375. The van der Waals surface area contributed by atoms with Crippen molar-refractivity contribution >= 4 is 64.1 Å². The molecule has 0 radical (unpaired) electrons. The van der Waals surface area contributed by atoms with E-state index in [0.717, 1.165) is 10.9 Å². The van der Waals surface area contributed by atoms with Gasteiger partial charge < -0.3 is 69.6 Å². The molecular weight excluding hydrogens is 1000 g/mol. The highest BCUT2D eigenvalue weighted by molar-refractivity contribution is 5.98. The third kappa shape index (κ3) is 19.6. The molecule has 0 fully saturated rings. The number of H-pyrrole nitrogens is 1. The number of fused-ring (bicyclic) bond motifs is 1. The average molecular weight is 1070 g/mol. The van der Waals surface area contributed by atoms with E-state index in [1.54, 1.807) is 103 Å². The molecule has 5 aromatic rings. The monoisotopic (exact) mass is 1070 g/mol. The van der Waals surface area contributed by atoms with Gasteiger partial charge in [-0.2, -0.15) is 0 Å². The lowest BCUT2D eigenvalue weighted by molar-refractivity contribution is -0.137. The van der Waals surface area contributed by atoms with E-state index in [-0.39, 0.29) is 58.0 Å². The normalized spacial score (nSPS) is 14.2. The summed E-state index contributed by atoms with van der Waals surface area (Å²) in [6, 6.07) is 23.8. The number of benzene rings is 4. The van der Waals surface area contributed by atoms with Crippen molar-refractivity contribution in [3.63, 3.8) is 0 Å². The average Bonchev–Trinajstić information content (AvgIpc) is 3.84. The van der Waals surface area contributed by atoms with Crippen LogP contribution in [0.2, 0.25) is 0 Å². The molecule has 8 atom stereocenters. The molecule has 22 heteroatoms. The highest BCUT2D eigenvalue weighted by Crippen LogP contribution is 2.20. The molecule has 0 aliphatic carbocycles. The second-order valence-corrected chi connectivity index (χ2v) is 19.0. The Balaban J connectivity index is 1.43. The van der Waals surface area contributed by atoms with Crippen molar-refractivity contribution in [1.29, 1.82) is 0 Å². The SMILES string of the molecule is C[C@@H](O)[C@H](NC(=O)[C@H](CCCCN)NC(=O)[C@@H](Cc1c[nH]c2ccccc12)NC(=O)[C@H](Cc1ccccc1)NC(=O)[C@H](Cc1ccccc1)NC(=O)[C@@H](N)CC(N)=O)C(=O)N[C@@H](Cc1ccccc1)C(=O)NCCCC(=O)O. The van der Waals surface area contributed by atoms with Crippen LogP contribution in [-0.2, 0) is 68.8 Å². The molecule has 0 unspecified atom stereocenters. The lowest BCUT2D eigenvalue weighted by Crippen LogP contribution is -2.62. The van der Waals surface area contributed by atoms with Crippen LogP contribution in [0.3, 0.4) is 0 Å². The topological polar surface area (TPSA) is 372 Å². The summed E-state index contributed by atoms with van der Waals surface area (Å²) in [5.74, 6) is -7.58. The molecule has 4 aromatic carbocycles. The molecular formula is C56H71N11O11. The lowest BCUT2D eigenvalue weighted by atomic mass is 10.00. The van der Waals surface area contributed by atoms with Crippen molar-refractivity contribution in [3.8, 4) is 0 Å². The standard InChI is InChI=1S/C56H71N11O11/c1-34(68)49(56(78)66-43(28-35-16-5-2-6-17-35)51(73)60-27-15-25-48(70)71)67-52(74)42(24-13-14-26-57)62-55(77)46(31-38-33-61-41-23-12-11-22-39(38)41)65-54(76)45(30-37-20-9-4-10-21-37)64-53(75)44(29-36-18-7-3-8-19-36)63-50(72)40(58)32-47(59)69/h2-12,16-23,33-34,40,42-46,49,61,68H,13-15,24-32,57-58H2,1H3,(H2,59,69)(H,60,73)(H,62,77)(H,63,72)(H,64,75)(H,65,76)(H,66,78)(H,67,74)(H,70,71)/t34-,40+,42+,43+,44+,45+,46-,49+/m1/s1. The Bertz CT molecular complexity index is 2800. The Labute approximate surface area is 451 Å². The number of carboxylic acids is 1. The number of aliphatic carboxylic acids is 1. The van der Waals surface area contributed by atoms with Crippen LogP contribution in [0.5, 0.6) is 0 Å². The number of aromatic amines is 1. The van der Waals surface area contributed by atoms with E-state index >= 15 is 0 Å². The van der Waals surface area contributed by atoms with Gasteiger partial charge in [0.2, 0.25) is 47.3 Å². The lowest BCUT2D eigenvalue weighted by Gasteiger charge is -2.28. The summed E-state index contributed by atoms with van der Waals surface area (Å²) in [6.07, 6.45) is 0.0858. The summed E-state index contributed by atoms with van der Waals surface area (Å²) < 4.78 is 0. The van der Waals surface area contributed by atoms with Gasteiger partial charge in [0.1, 0.15) is 36.3 Å². The Morgan fingerprint density at radius 3 is 1.49 bits per heavy atom. The fourth-order valence-corrected chi connectivity index (χ4v) is 8.57. The van der Waals surface area contributed by atoms with E-state index in [1.807, 2.05) is 18.2 Å². The van der Waals surface area contributed by atoms with E-state index in [0.29, 0.717) is 35.1 Å². The molecule has 1 aromatic heterocycles. The Morgan fingerprint density at radius 1 is 0.538 bits per heavy atom. The van der Waals surface area contributed by atoms with Gasteiger partial charge in [0, 0.05) is 55.7 Å². The third-order valence-electron chi connectivity index (χ3n) is 12.7. The molecule has 1 heterocycles.